The SMILES string of the molecule is CCCCc1cc(O)cc(CCCC)c1-c1c(CCCC)cc(O)cc1CCCC. The van der Waals surface area contributed by atoms with E-state index >= 15 is 0 Å². The van der Waals surface area contributed by atoms with Gasteiger partial charge in [0.25, 0.3) is 0 Å². The van der Waals surface area contributed by atoms with E-state index in [0.29, 0.717) is 11.5 Å². The Morgan fingerprint density at radius 1 is 0.467 bits per heavy atom. The number of hydrogen-bond acceptors (Lipinski definition) is 2. The fourth-order valence-corrected chi connectivity index (χ4v) is 4.40. The zero-order valence-corrected chi connectivity index (χ0v) is 19.7. The van der Waals surface area contributed by atoms with Gasteiger partial charge in [0.05, 0.1) is 0 Å². The molecule has 2 rings (SSSR count). The Morgan fingerprint density at radius 3 is 0.900 bits per heavy atom. The number of aromatic hydroxyl groups is 2. The van der Waals surface area contributed by atoms with Gasteiger partial charge >= 0.3 is 0 Å². The first-order chi connectivity index (χ1) is 14.5. The summed E-state index contributed by atoms with van der Waals surface area (Å²) in [5, 5.41) is 21.0. The van der Waals surface area contributed by atoms with Crippen molar-refractivity contribution in [3.8, 4) is 22.6 Å². The van der Waals surface area contributed by atoms with Crippen molar-refractivity contribution in [2.24, 2.45) is 0 Å². The molecule has 0 atom stereocenters. The predicted octanol–water partition coefficient (Wildman–Crippen LogP) is 8.14. The summed E-state index contributed by atoms with van der Waals surface area (Å²) in [6.07, 6.45) is 13.0. The van der Waals surface area contributed by atoms with Crippen LogP contribution in [0.15, 0.2) is 24.3 Å². The molecule has 30 heavy (non-hydrogen) atoms. The van der Waals surface area contributed by atoms with E-state index in [4.69, 9.17) is 0 Å². The molecule has 0 aliphatic rings. The highest BCUT2D eigenvalue weighted by molar-refractivity contribution is 5.79. The number of phenolic OH excluding ortho intramolecular Hbond substituents is 2. The Morgan fingerprint density at radius 2 is 0.700 bits per heavy atom. The molecule has 0 radical (unpaired) electrons. The number of benzene rings is 2. The summed E-state index contributed by atoms with van der Waals surface area (Å²) in [5.41, 5.74) is 7.75. The number of rotatable bonds is 13. The molecule has 0 saturated carbocycles. The molecular weight excluding hydrogens is 368 g/mol. The number of unbranched alkanes of at least 4 members (excludes halogenated alkanes) is 4. The van der Waals surface area contributed by atoms with Crippen molar-refractivity contribution in [3.63, 3.8) is 0 Å². The summed E-state index contributed by atoms with van der Waals surface area (Å²) < 4.78 is 0. The Hall–Kier alpha value is -1.96. The van der Waals surface area contributed by atoms with Crippen LogP contribution in [-0.4, -0.2) is 10.2 Å². The standard InChI is InChI=1S/C28H42O2/c1-5-9-13-21-17-25(29)18-22(14-10-6-2)27(21)28-23(15-11-7-3)19-26(30)20-24(28)16-12-8-4/h17-20,29-30H,5-16H2,1-4H3. The molecule has 0 amide bonds. The van der Waals surface area contributed by atoms with E-state index in [-0.39, 0.29) is 0 Å². The summed E-state index contributed by atoms with van der Waals surface area (Å²) in [6.45, 7) is 8.89. The average molecular weight is 411 g/mol. The van der Waals surface area contributed by atoms with Crippen LogP contribution < -0.4 is 0 Å². The fourth-order valence-electron chi connectivity index (χ4n) is 4.40. The van der Waals surface area contributed by atoms with Gasteiger partial charge in [-0.1, -0.05) is 53.4 Å². The normalized spacial score (nSPS) is 11.2. The predicted molar refractivity (Wildman–Crippen MR) is 130 cm³/mol. The van der Waals surface area contributed by atoms with Gasteiger partial charge in [-0.3, -0.25) is 0 Å². The van der Waals surface area contributed by atoms with Crippen LogP contribution >= 0.6 is 0 Å². The molecule has 2 nitrogen and oxygen atoms in total. The first-order valence-electron chi connectivity index (χ1n) is 12.2. The van der Waals surface area contributed by atoms with E-state index in [0.717, 1.165) is 77.0 Å². The molecule has 0 heterocycles. The van der Waals surface area contributed by atoms with Crippen LogP contribution in [0.25, 0.3) is 11.1 Å². The lowest BCUT2D eigenvalue weighted by molar-refractivity contribution is 0.472. The molecule has 166 valence electrons. The number of hydrogen-bond donors (Lipinski definition) is 2. The van der Waals surface area contributed by atoms with Crippen molar-refractivity contribution in [2.75, 3.05) is 0 Å². The van der Waals surface area contributed by atoms with Gasteiger partial charge in [-0.25, -0.2) is 0 Å². The summed E-state index contributed by atoms with van der Waals surface area (Å²) >= 11 is 0. The number of phenols is 2. The van der Waals surface area contributed by atoms with Gasteiger partial charge in [0, 0.05) is 0 Å². The monoisotopic (exact) mass is 410 g/mol. The Bertz CT molecular complexity index is 666. The summed E-state index contributed by atoms with van der Waals surface area (Å²) in [7, 11) is 0. The molecule has 0 saturated heterocycles. The van der Waals surface area contributed by atoms with Crippen molar-refractivity contribution in [1.29, 1.82) is 0 Å². The van der Waals surface area contributed by atoms with E-state index in [1.807, 2.05) is 24.3 Å². The maximum atomic E-state index is 10.5. The third kappa shape index (κ3) is 6.52. The first kappa shape index (κ1) is 24.3. The Labute approximate surface area is 184 Å². The minimum absolute atomic E-state index is 0.389. The summed E-state index contributed by atoms with van der Waals surface area (Å²) in [6, 6.07) is 7.95. The van der Waals surface area contributed by atoms with E-state index in [1.54, 1.807) is 0 Å². The van der Waals surface area contributed by atoms with Crippen LogP contribution in [0.4, 0.5) is 0 Å². The van der Waals surface area contributed by atoms with Crippen molar-refractivity contribution in [2.45, 2.75) is 105 Å². The topological polar surface area (TPSA) is 40.5 Å². The second-order valence-corrected chi connectivity index (χ2v) is 8.69. The second-order valence-electron chi connectivity index (χ2n) is 8.69. The van der Waals surface area contributed by atoms with Crippen LogP contribution in [0, 0.1) is 0 Å². The highest BCUT2D eigenvalue weighted by Crippen LogP contribution is 2.40. The highest BCUT2D eigenvalue weighted by atomic mass is 16.3. The lowest BCUT2D eigenvalue weighted by Gasteiger charge is -2.23. The van der Waals surface area contributed by atoms with Crippen LogP contribution in [-0.2, 0) is 25.7 Å². The van der Waals surface area contributed by atoms with Crippen LogP contribution in [0.2, 0.25) is 0 Å². The maximum Gasteiger partial charge on any atom is 0.116 e. The number of aryl methyl sites for hydroxylation is 4. The van der Waals surface area contributed by atoms with Gasteiger partial charge in [-0.2, -0.15) is 0 Å². The van der Waals surface area contributed by atoms with Gasteiger partial charge in [0.2, 0.25) is 0 Å². The van der Waals surface area contributed by atoms with E-state index < -0.39 is 0 Å². The van der Waals surface area contributed by atoms with Crippen LogP contribution in [0.3, 0.4) is 0 Å². The first-order valence-corrected chi connectivity index (χ1v) is 12.2. The van der Waals surface area contributed by atoms with Gasteiger partial charge < -0.3 is 10.2 Å². The van der Waals surface area contributed by atoms with Gasteiger partial charge in [-0.15, -0.1) is 0 Å². The summed E-state index contributed by atoms with van der Waals surface area (Å²) in [4.78, 5) is 0. The van der Waals surface area contributed by atoms with Crippen molar-refractivity contribution < 1.29 is 10.2 Å². The quantitative estimate of drug-likeness (QED) is 0.350. The molecule has 2 heteroatoms. The molecule has 0 aliphatic heterocycles. The van der Waals surface area contributed by atoms with E-state index in [2.05, 4.69) is 27.7 Å². The molecule has 0 fully saturated rings. The minimum Gasteiger partial charge on any atom is -0.508 e. The maximum absolute atomic E-state index is 10.5. The van der Waals surface area contributed by atoms with E-state index in [1.165, 1.54) is 33.4 Å². The minimum atomic E-state index is 0.389. The van der Waals surface area contributed by atoms with E-state index in [9.17, 15) is 10.2 Å². The summed E-state index contributed by atoms with van der Waals surface area (Å²) in [5.74, 6) is 0.778. The Balaban J connectivity index is 2.76. The van der Waals surface area contributed by atoms with Crippen LogP contribution in [0.1, 0.15) is 101 Å². The average Bonchev–Trinajstić information content (AvgIpc) is 2.73. The lowest BCUT2D eigenvalue weighted by Crippen LogP contribution is -2.04. The lowest BCUT2D eigenvalue weighted by atomic mass is 9.82. The molecule has 0 aromatic heterocycles. The van der Waals surface area contributed by atoms with Gasteiger partial charge in [0.15, 0.2) is 0 Å². The zero-order chi connectivity index (χ0) is 21.9. The van der Waals surface area contributed by atoms with Crippen molar-refractivity contribution in [3.05, 3.63) is 46.5 Å². The third-order valence-electron chi connectivity index (χ3n) is 6.02. The molecule has 2 aromatic carbocycles. The molecule has 0 unspecified atom stereocenters. The molecule has 0 spiro atoms. The smallest absolute Gasteiger partial charge is 0.116 e. The largest absolute Gasteiger partial charge is 0.508 e. The van der Waals surface area contributed by atoms with Crippen LogP contribution in [0.5, 0.6) is 11.5 Å². The molecular formula is C28H42O2. The van der Waals surface area contributed by atoms with Gasteiger partial charge in [-0.05, 0) is 109 Å². The molecule has 0 bridgehead atoms. The molecule has 2 aromatic rings. The zero-order valence-electron chi connectivity index (χ0n) is 19.7. The molecule has 2 N–H and O–H groups in total. The van der Waals surface area contributed by atoms with Crippen molar-refractivity contribution >= 4 is 0 Å². The van der Waals surface area contributed by atoms with Gasteiger partial charge in [0.1, 0.15) is 11.5 Å². The highest BCUT2D eigenvalue weighted by Gasteiger charge is 2.20. The Kier molecular flexibility index (Phi) is 10.3. The van der Waals surface area contributed by atoms with Crippen molar-refractivity contribution in [1.82, 2.24) is 0 Å². The molecule has 0 aliphatic carbocycles. The fraction of sp³-hybridized carbons (Fsp3) is 0.571. The third-order valence-corrected chi connectivity index (χ3v) is 6.02. The second kappa shape index (κ2) is 12.7.